The number of piperazine rings is 1. The first-order valence-electron chi connectivity index (χ1n) is 13.9. The van der Waals surface area contributed by atoms with Gasteiger partial charge in [-0.25, -0.2) is 8.42 Å². The van der Waals surface area contributed by atoms with E-state index in [-0.39, 0.29) is 22.2 Å². The zero-order chi connectivity index (χ0) is 28.8. The molecule has 2 aliphatic heterocycles. The third-order valence-corrected chi connectivity index (χ3v) is 9.38. The molecule has 3 aromatic rings. The maximum Gasteiger partial charge on any atom is 0.262 e. The molecule has 11 heteroatoms. The van der Waals surface area contributed by atoms with Crippen LogP contribution in [0, 0.1) is 0 Å². The second-order valence-electron chi connectivity index (χ2n) is 10.3. The number of hydrogen-bond acceptors (Lipinski definition) is 6. The van der Waals surface area contributed by atoms with E-state index in [1.54, 1.807) is 54.6 Å². The molecule has 218 valence electrons. The third-order valence-electron chi connectivity index (χ3n) is 7.46. The van der Waals surface area contributed by atoms with Gasteiger partial charge in [-0.3, -0.25) is 14.4 Å². The standard InChI is InChI=1S/C30H34Cl2N4O4S/c31-24-10-13-28(26(32)22-24)40-29-7-2-1-6-27(29)33-41(38,39)25-11-8-23(9-12-25)30(37)36-20-18-35(19-21-36)17-5-16-34-14-3-4-15-34/h1-2,6-13,22,33H,3-5,14-21H2. The molecule has 2 fully saturated rings. The molecule has 41 heavy (non-hydrogen) atoms. The quantitative estimate of drug-likeness (QED) is 0.309. The minimum absolute atomic E-state index is 0.0381. The lowest BCUT2D eigenvalue weighted by Gasteiger charge is -2.35. The maximum absolute atomic E-state index is 13.2. The molecule has 0 aliphatic carbocycles. The molecule has 2 heterocycles. The molecule has 1 N–H and O–H groups in total. The number of nitrogens with one attached hydrogen (secondary N) is 1. The Balaban J connectivity index is 1.17. The van der Waals surface area contributed by atoms with Crippen LogP contribution in [-0.2, 0) is 10.0 Å². The number of nitrogens with zero attached hydrogens (tertiary/aromatic N) is 3. The number of amides is 1. The molecule has 2 saturated heterocycles. The van der Waals surface area contributed by atoms with Crippen molar-refractivity contribution in [2.45, 2.75) is 24.2 Å². The van der Waals surface area contributed by atoms with Gasteiger partial charge < -0.3 is 14.5 Å². The summed E-state index contributed by atoms with van der Waals surface area (Å²) in [6.45, 7) is 7.68. The fourth-order valence-corrected chi connectivity index (χ4v) is 6.70. The number of carbonyl (C=O) groups is 1. The molecule has 0 saturated carbocycles. The van der Waals surface area contributed by atoms with Gasteiger partial charge >= 0.3 is 0 Å². The SMILES string of the molecule is O=C(c1ccc(S(=O)(=O)Nc2ccccc2Oc2ccc(Cl)cc2Cl)cc1)N1CCN(CCCN2CCCC2)CC1. The molecule has 0 radical (unpaired) electrons. The molecule has 0 bridgehead atoms. The van der Waals surface area contributed by atoms with E-state index in [1.807, 2.05) is 4.90 Å². The highest BCUT2D eigenvalue weighted by Crippen LogP contribution is 2.35. The molecule has 0 atom stereocenters. The molecule has 2 aliphatic rings. The summed E-state index contributed by atoms with van der Waals surface area (Å²) < 4.78 is 34.8. The van der Waals surface area contributed by atoms with Crippen molar-refractivity contribution in [2.24, 2.45) is 0 Å². The van der Waals surface area contributed by atoms with Crippen LogP contribution in [0.3, 0.4) is 0 Å². The van der Waals surface area contributed by atoms with Crippen molar-refractivity contribution in [3.8, 4) is 11.5 Å². The van der Waals surface area contributed by atoms with E-state index >= 15 is 0 Å². The molecule has 0 unspecified atom stereocenters. The molecule has 5 rings (SSSR count). The topological polar surface area (TPSA) is 82.2 Å². The number of likely N-dealkylation sites (tertiary alicyclic amines) is 1. The molecule has 0 spiro atoms. The number of para-hydroxylation sites is 2. The van der Waals surface area contributed by atoms with Crippen LogP contribution in [0.25, 0.3) is 0 Å². The zero-order valence-electron chi connectivity index (χ0n) is 22.8. The second kappa shape index (κ2) is 13.4. The molecule has 0 aromatic heterocycles. The second-order valence-corrected chi connectivity index (χ2v) is 12.9. The zero-order valence-corrected chi connectivity index (χ0v) is 25.1. The Morgan fingerprint density at radius 1 is 0.805 bits per heavy atom. The summed E-state index contributed by atoms with van der Waals surface area (Å²) in [5.41, 5.74) is 0.713. The van der Waals surface area contributed by atoms with Crippen LogP contribution in [0.15, 0.2) is 71.6 Å². The first-order valence-corrected chi connectivity index (χ1v) is 16.1. The molecular weight excluding hydrogens is 583 g/mol. The van der Waals surface area contributed by atoms with Crippen molar-refractivity contribution in [3.63, 3.8) is 0 Å². The minimum Gasteiger partial charge on any atom is -0.454 e. The van der Waals surface area contributed by atoms with Gasteiger partial charge in [0.25, 0.3) is 15.9 Å². The summed E-state index contributed by atoms with van der Waals surface area (Å²) in [6.07, 6.45) is 3.78. The average molecular weight is 618 g/mol. The van der Waals surface area contributed by atoms with Crippen molar-refractivity contribution in [3.05, 3.63) is 82.3 Å². The van der Waals surface area contributed by atoms with Gasteiger partial charge in [0.1, 0.15) is 5.75 Å². The monoisotopic (exact) mass is 616 g/mol. The number of hydrogen-bond donors (Lipinski definition) is 1. The van der Waals surface area contributed by atoms with Crippen LogP contribution in [0.1, 0.15) is 29.6 Å². The van der Waals surface area contributed by atoms with Crippen LogP contribution in [0.2, 0.25) is 10.0 Å². The largest absolute Gasteiger partial charge is 0.454 e. The lowest BCUT2D eigenvalue weighted by atomic mass is 10.2. The van der Waals surface area contributed by atoms with Gasteiger partial charge in [0.2, 0.25) is 0 Å². The van der Waals surface area contributed by atoms with Gasteiger partial charge in [-0.05, 0) is 100 Å². The number of ether oxygens (including phenoxy) is 1. The highest BCUT2D eigenvalue weighted by Gasteiger charge is 2.24. The lowest BCUT2D eigenvalue weighted by molar-refractivity contribution is 0.0632. The third kappa shape index (κ3) is 7.72. The van der Waals surface area contributed by atoms with E-state index in [0.29, 0.717) is 34.4 Å². The maximum atomic E-state index is 13.2. The Kier molecular flexibility index (Phi) is 9.72. The van der Waals surface area contributed by atoms with E-state index in [9.17, 15) is 13.2 Å². The summed E-state index contributed by atoms with van der Waals surface area (Å²) in [6, 6.07) is 17.5. The highest BCUT2D eigenvalue weighted by atomic mass is 35.5. The lowest BCUT2D eigenvalue weighted by Crippen LogP contribution is -2.49. The van der Waals surface area contributed by atoms with Crippen molar-refractivity contribution in [1.29, 1.82) is 0 Å². The molecular formula is C30H34Cl2N4O4S. The van der Waals surface area contributed by atoms with E-state index in [1.165, 1.54) is 38.1 Å². The summed E-state index contributed by atoms with van der Waals surface area (Å²) >= 11 is 12.2. The predicted molar refractivity (Wildman–Crippen MR) is 163 cm³/mol. The fourth-order valence-electron chi connectivity index (χ4n) is 5.18. The van der Waals surface area contributed by atoms with Gasteiger partial charge in [-0.1, -0.05) is 35.3 Å². The van der Waals surface area contributed by atoms with Crippen LogP contribution in [0.5, 0.6) is 11.5 Å². The highest BCUT2D eigenvalue weighted by molar-refractivity contribution is 7.92. The Bertz CT molecular complexity index is 1460. The summed E-state index contributed by atoms with van der Waals surface area (Å²) in [5.74, 6) is 0.535. The van der Waals surface area contributed by atoms with Crippen molar-refractivity contribution in [2.75, 3.05) is 57.1 Å². The van der Waals surface area contributed by atoms with Crippen molar-refractivity contribution in [1.82, 2.24) is 14.7 Å². The van der Waals surface area contributed by atoms with Gasteiger partial charge in [-0.15, -0.1) is 0 Å². The molecule has 1 amide bonds. The minimum atomic E-state index is -3.95. The van der Waals surface area contributed by atoms with Gasteiger partial charge in [0, 0.05) is 36.8 Å². The Morgan fingerprint density at radius 2 is 1.46 bits per heavy atom. The normalized spacial score (nSPS) is 16.6. The van der Waals surface area contributed by atoms with Gasteiger partial charge in [0.15, 0.2) is 5.75 Å². The number of sulfonamides is 1. The molecule has 3 aromatic carbocycles. The van der Waals surface area contributed by atoms with Crippen molar-refractivity contribution < 1.29 is 17.9 Å². The Hall–Kier alpha value is -2.82. The molecule has 8 nitrogen and oxygen atoms in total. The van der Waals surface area contributed by atoms with E-state index in [4.69, 9.17) is 27.9 Å². The van der Waals surface area contributed by atoms with Crippen molar-refractivity contribution >= 4 is 44.8 Å². The van der Waals surface area contributed by atoms with Crippen LogP contribution >= 0.6 is 23.2 Å². The smallest absolute Gasteiger partial charge is 0.262 e. The number of carbonyl (C=O) groups excluding carboxylic acids is 1. The van der Waals surface area contributed by atoms with Gasteiger partial charge in [0.05, 0.1) is 15.6 Å². The van der Waals surface area contributed by atoms with Crippen LogP contribution < -0.4 is 9.46 Å². The van der Waals surface area contributed by atoms with E-state index in [0.717, 1.165) is 32.6 Å². The van der Waals surface area contributed by atoms with Gasteiger partial charge in [-0.2, -0.15) is 0 Å². The number of benzene rings is 3. The Labute approximate surface area is 251 Å². The number of halogens is 2. The first-order chi connectivity index (χ1) is 19.8. The fraction of sp³-hybridized carbons (Fsp3) is 0.367. The summed E-state index contributed by atoms with van der Waals surface area (Å²) in [7, 11) is -3.95. The van der Waals surface area contributed by atoms with Crippen LogP contribution in [-0.4, -0.2) is 81.4 Å². The summed E-state index contributed by atoms with van der Waals surface area (Å²) in [4.78, 5) is 19.9. The van der Waals surface area contributed by atoms with E-state index in [2.05, 4.69) is 14.5 Å². The predicted octanol–water partition coefficient (Wildman–Crippen LogP) is 5.83. The first kappa shape index (κ1) is 29.7. The summed E-state index contributed by atoms with van der Waals surface area (Å²) in [5, 5.41) is 0.762. The average Bonchev–Trinajstić information content (AvgIpc) is 3.49. The van der Waals surface area contributed by atoms with E-state index < -0.39 is 10.0 Å². The Morgan fingerprint density at radius 3 is 2.15 bits per heavy atom. The number of rotatable bonds is 10. The van der Waals surface area contributed by atoms with Crippen LogP contribution in [0.4, 0.5) is 5.69 Å². The number of anilines is 1.